The minimum atomic E-state index is -0.292. The Kier molecular flexibility index (Phi) is 2.66. The molecule has 18 heavy (non-hydrogen) atoms. The fraction of sp³-hybridized carbons (Fsp3) is 0.583. The van der Waals surface area contributed by atoms with Crippen LogP contribution in [0.15, 0.2) is 12.7 Å². The number of nitrogens with zero attached hydrogens (tertiary/aromatic N) is 5. The number of hydrogen-bond acceptors (Lipinski definition) is 5. The lowest BCUT2D eigenvalue weighted by Gasteiger charge is -2.17. The van der Waals surface area contributed by atoms with Crippen LogP contribution in [0.3, 0.4) is 0 Å². The molecule has 96 valence electrons. The number of fused-ring (bicyclic) bond motifs is 1. The summed E-state index contributed by atoms with van der Waals surface area (Å²) in [7, 11) is 3.87. The molecule has 0 spiro atoms. The lowest BCUT2D eigenvalue weighted by Crippen LogP contribution is -2.18. The van der Waals surface area contributed by atoms with Gasteiger partial charge in [0.05, 0.1) is 18.5 Å². The van der Waals surface area contributed by atoms with Gasteiger partial charge < -0.3 is 14.6 Å². The molecular weight excluding hydrogens is 230 g/mol. The lowest BCUT2D eigenvalue weighted by atomic mass is 10.2. The van der Waals surface area contributed by atoms with Crippen LogP contribution in [0, 0.1) is 0 Å². The maximum absolute atomic E-state index is 10.00. The van der Waals surface area contributed by atoms with Crippen molar-refractivity contribution in [2.75, 3.05) is 19.0 Å². The molecule has 0 aromatic carbocycles. The van der Waals surface area contributed by atoms with Gasteiger partial charge in [-0.1, -0.05) is 0 Å². The van der Waals surface area contributed by atoms with Crippen molar-refractivity contribution in [3.05, 3.63) is 12.7 Å². The summed E-state index contributed by atoms with van der Waals surface area (Å²) in [4.78, 5) is 14.9. The van der Waals surface area contributed by atoms with Gasteiger partial charge >= 0.3 is 0 Å². The van der Waals surface area contributed by atoms with Gasteiger partial charge in [0, 0.05) is 14.1 Å². The maximum atomic E-state index is 10.00. The highest BCUT2D eigenvalue weighted by Gasteiger charge is 2.28. The highest BCUT2D eigenvalue weighted by molar-refractivity contribution is 5.83. The minimum absolute atomic E-state index is 0.0971. The second kappa shape index (κ2) is 4.20. The molecule has 0 bridgehead atoms. The highest BCUT2D eigenvalue weighted by atomic mass is 16.3. The Hall–Kier alpha value is -1.69. The first-order valence-electron chi connectivity index (χ1n) is 6.21. The molecule has 6 nitrogen and oxygen atoms in total. The molecule has 1 saturated carbocycles. The molecule has 1 fully saturated rings. The molecule has 0 radical (unpaired) electrons. The third kappa shape index (κ3) is 1.64. The summed E-state index contributed by atoms with van der Waals surface area (Å²) in [5, 5.41) is 10.00. The maximum Gasteiger partial charge on any atom is 0.165 e. The second-order valence-electron chi connectivity index (χ2n) is 4.98. The summed E-state index contributed by atoms with van der Waals surface area (Å²) >= 11 is 0. The van der Waals surface area contributed by atoms with Crippen molar-refractivity contribution >= 4 is 17.0 Å². The number of imidazole rings is 1. The van der Waals surface area contributed by atoms with E-state index in [-0.39, 0.29) is 12.1 Å². The van der Waals surface area contributed by atoms with E-state index in [0.717, 1.165) is 36.2 Å². The molecule has 1 aliphatic rings. The predicted octanol–water partition coefficient (Wildman–Crippen LogP) is 0.978. The number of anilines is 1. The number of aliphatic hydroxyl groups is 1. The van der Waals surface area contributed by atoms with Crippen LogP contribution in [0.1, 0.15) is 25.3 Å². The van der Waals surface area contributed by atoms with Gasteiger partial charge in [0.25, 0.3) is 0 Å². The van der Waals surface area contributed by atoms with Crippen LogP contribution in [0.2, 0.25) is 0 Å². The molecule has 1 aliphatic carbocycles. The first kappa shape index (κ1) is 11.4. The number of hydrogen-bond donors (Lipinski definition) is 1. The summed E-state index contributed by atoms with van der Waals surface area (Å²) in [5.41, 5.74) is 1.60. The molecule has 0 unspecified atom stereocenters. The molecule has 0 saturated heterocycles. The highest BCUT2D eigenvalue weighted by Crippen LogP contribution is 2.32. The summed E-state index contributed by atoms with van der Waals surface area (Å²) in [6.07, 6.45) is 5.92. The van der Waals surface area contributed by atoms with Crippen LogP contribution >= 0.6 is 0 Å². The molecule has 1 N–H and O–H groups in total. The quantitative estimate of drug-likeness (QED) is 0.856. The molecule has 3 rings (SSSR count). The fourth-order valence-corrected chi connectivity index (χ4v) is 2.65. The SMILES string of the molecule is CN(C)c1ncnc2c1ncn2[C@H]1CCC[C@@H]1O. The standard InChI is InChI=1S/C12H17N5O/c1-16(2)11-10-12(14-6-13-11)17(7-15-10)8-4-3-5-9(8)18/h6-9,18H,3-5H2,1-2H3/t8-,9-/m0/s1. The molecule has 2 atom stereocenters. The topological polar surface area (TPSA) is 67.1 Å². The zero-order chi connectivity index (χ0) is 12.7. The monoisotopic (exact) mass is 247 g/mol. The number of rotatable bonds is 2. The number of aromatic nitrogens is 4. The van der Waals surface area contributed by atoms with Gasteiger partial charge in [-0.15, -0.1) is 0 Å². The van der Waals surface area contributed by atoms with Crippen LogP contribution in [-0.4, -0.2) is 44.8 Å². The molecule has 0 aliphatic heterocycles. The van der Waals surface area contributed by atoms with E-state index in [1.54, 1.807) is 12.7 Å². The zero-order valence-electron chi connectivity index (χ0n) is 10.6. The van der Waals surface area contributed by atoms with Gasteiger partial charge in [0.15, 0.2) is 17.0 Å². The van der Waals surface area contributed by atoms with E-state index in [0.29, 0.717) is 0 Å². The van der Waals surface area contributed by atoms with Gasteiger partial charge in [0.1, 0.15) is 6.33 Å². The molecular formula is C12H17N5O. The van der Waals surface area contributed by atoms with Crippen molar-refractivity contribution in [2.45, 2.75) is 31.4 Å². The smallest absolute Gasteiger partial charge is 0.165 e. The minimum Gasteiger partial charge on any atom is -0.391 e. The van der Waals surface area contributed by atoms with Crippen LogP contribution in [0.5, 0.6) is 0 Å². The Balaban J connectivity index is 2.12. The van der Waals surface area contributed by atoms with Gasteiger partial charge in [0.2, 0.25) is 0 Å². The number of aliphatic hydroxyl groups excluding tert-OH is 1. The van der Waals surface area contributed by atoms with Crippen molar-refractivity contribution in [1.82, 2.24) is 19.5 Å². The normalized spacial score (nSPS) is 23.7. The van der Waals surface area contributed by atoms with E-state index < -0.39 is 0 Å². The van der Waals surface area contributed by atoms with Gasteiger partial charge in [-0.3, -0.25) is 0 Å². The molecule has 2 heterocycles. The van der Waals surface area contributed by atoms with E-state index in [4.69, 9.17) is 0 Å². The average molecular weight is 247 g/mol. The van der Waals surface area contributed by atoms with Crippen molar-refractivity contribution in [2.24, 2.45) is 0 Å². The molecule has 2 aromatic heterocycles. The van der Waals surface area contributed by atoms with Crippen molar-refractivity contribution < 1.29 is 5.11 Å². The Bertz CT molecular complexity index is 565. The Morgan fingerprint density at radius 3 is 2.78 bits per heavy atom. The van der Waals surface area contributed by atoms with E-state index in [2.05, 4.69) is 15.0 Å². The van der Waals surface area contributed by atoms with Crippen LogP contribution in [0.4, 0.5) is 5.82 Å². The van der Waals surface area contributed by atoms with Crippen molar-refractivity contribution in [3.8, 4) is 0 Å². The summed E-state index contributed by atoms with van der Waals surface area (Å²) < 4.78 is 1.99. The van der Waals surface area contributed by atoms with E-state index in [1.807, 2.05) is 23.6 Å². The Morgan fingerprint density at radius 2 is 2.11 bits per heavy atom. The van der Waals surface area contributed by atoms with Gasteiger partial charge in [-0.2, -0.15) is 0 Å². The van der Waals surface area contributed by atoms with E-state index >= 15 is 0 Å². The fourth-order valence-electron chi connectivity index (χ4n) is 2.65. The zero-order valence-corrected chi connectivity index (χ0v) is 10.6. The largest absolute Gasteiger partial charge is 0.391 e. The molecule has 0 amide bonds. The van der Waals surface area contributed by atoms with Gasteiger partial charge in [-0.25, -0.2) is 15.0 Å². The van der Waals surface area contributed by atoms with Gasteiger partial charge in [-0.05, 0) is 19.3 Å². The second-order valence-corrected chi connectivity index (χ2v) is 4.98. The predicted molar refractivity (Wildman–Crippen MR) is 68.5 cm³/mol. The Labute approximate surface area is 105 Å². The third-order valence-electron chi connectivity index (χ3n) is 3.56. The first-order valence-corrected chi connectivity index (χ1v) is 6.21. The van der Waals surface area contributed by atoms with E-state index in [1.165, 1.54) is 0 Å². The summed E-state index contributed by atoms with van der Waals surface area (Å²) in [5.74, 6) is 0.811. The van der Waals surface area contributed by atoms with E-state index in [9.17, 15) is 5.11 Å². The average Bonchev–Trinajstić information content (AvgIpc) is 2.93. The summed E-state index contributed by atoms with van der Waals surface area (Å²) in [6, 6.07) is 0.0971. The summed E-state index contributed by atoms with van der Waals surface area (Å²) in [6.45, 7) is 0. The molecule has 6 heteroatoms. The van der Waals surface area contributed by atoms with Crippen LogP contribution in [0.25, 0.3) is 11.2 Å². The Morgan fingerprint density at radius 1 is 1.28 bits per heavy atom. The third-order valence-corrected chi connectivity index (χ3v) is 3.56. The van der Waals surface area contributed by atoms with Crippen LogP contribution < -0.4 is 4.90 Å². The molecule has 2 aromatic rings. The first-order chi connectivity index (χ1) is 8.68. The van der Waals surface area contributed by atoms with Crippen LogP contribution in [-0.2, 0) is 0 Å². The van der Waals surface area contributed by atoms with Crippen molar-refractivity contribution in [1.29, 1.82) is 0 Å². The lowest BCUT2D eigenvalue weighted by molar-refractivity contribution is 0.138. The van der Waals surface area contributed by atoms with Crippen molar-refractivity contribution in [3.63, 3.8) is 0 Å².